The summed E-state index contributed by atoms with van der Waals surface area (Å²) in [6, 6.07) is 10.2. The van der Waals surface area contributed by atoms with E-state index in [0.717, 1.165) is 12.8 Å². The molecule has 1 aliphatic heterocycles. The fraction of sp³-hybridized carbons (Fsp3) is 0.360. The minimum Gasteiger partial charge on any atom is -0.493 e. The number of rotatable bonds is 7. The first kappa shape index (κ1) is 24.5. The molecule has 0 radical (unpaired) electrons. The quantitative estimate of drug-likeness (QED) is 0.604. The first-order valence-electron chi connectivity index (χ1n) is 10.7. The van der Waals surface area contributed by atoms with Crippen molar-refractivity contribution in [1.29, 1.82) is 0 Å². The van der Waals surface area contributed by atoms with Gasteiger partial charge in [0.2, 0.25) is 5.75 Å². The van der Waals surface area contributed by atoms with E-state index in [1.165, 1.54) is 21.3 Å². The number of likely N-dealkylation sites (tertiary alicyclic amines) is 1. The highest BCUT2D eigenvalue weighted by molar-refractivity contribution is 6.34. The van der Waals surface area contributed by atoms with Crippen molar-refractivity contribution in [2.45, 2.75) is 19.8 Å². The zero-order valence-corrected chi connectivity index (χ0v) is 20.1. The molecule has 1 N–H and O–H groups in total. The summed E-state index contributed by atoms with van der Waals surface area (Å²) in [5, 5.41) is 3.07. The zero-order valence-electron chi connectivity index (χ0n) is 19.3. The van der Waals surface area contributed by atoms with Gasteiger partial charge in [-0.1, -0.05) is 30.7 Å². The Balaban J connectivity index is 2.05. The van der Waals surface area contributed by atoms with Crippen LogP contribution in [-0.2, 0) is 4.79 Å². The van der Waals surface area contributed by atoms with Crippen LogP contribution in [0.2, 0.25) is 5.02 Å². The summed E-state index contributed by atoms with van der Waals surface area (Å²) in [6.45, 7) is 3.37. The maximum atomic E-state index is 13.5. The molecule has 0 bridgehead atoms. The number of carbonyl (C=O) groups is 2. The van der Waals surface area contributed by atoms with E-state index < -0.39 is 5.91 Å². The number of carbonyl (C=O) groups excluding carboxylic acids is 2. The van der Waals surface area contributed by atoms with Crippen molar-refractivity contribution >= 4 is 29.5 Å². The fourth-order valence-corrected chi connectivity index (χ4v) is 4.15. The van der Waals surface area contributed by atoms with Crippen molar-refractivity contribution in [3.05, 3.63) is 58.2 Å². The number of piperidine rings is 1. The van der Waals surface area contributed by atoms with E-state index in [2.05, 4.69) is 12.2 Å². The number of halogens is 1. The van der Waals surface area contributed by atoms with Crippen LogP contribution in [-0.4, -0.2) is 51.1 Å². The normalized spacial score (nSPS) is 16.2. The topological polar surface area (TPSA) is 77.1 Å². The molecule has 0 spiro atoms. The molecule has 2 aromatic carbocycles. The third-order valence-corrected chi connectivity index (χ3v) is 5.91. The van der Waals surface area contributed by atoms with Gasteiger partial charge in [-0.2, -0.15) is 0 Å². The number of methoxy groups -OCH3 is 3. The summed E-state index contributed by atoms with van der Waals surface area (Å²) in [7, 11) is 4.54. The Morgan fingerprint density at radius 1 is 1.06 bits per heavy atom. The Morgan fingerprint density at radius 2 is 1.79 bits per heavy atom. The standard InChI is InChI=1S/C25H29ClN2O5/c1-16-8-7-13-28(15-16)25(30)20(27-24(29)18-9-5-6-10-19(18)26)14-17-11-12-21(31-2)23(33-4)22(17)32-3/h5-6,9-12,14,16H,7-8,13,15H2,1-4H3,(H,27,29)/b20-14-. The largest absolute Gasteiger partial charge is 0.493 e. The molecule has 1 fully saturated rings. The van der Waals surface area contributed by atoms with E-state index in [0.29, 0.717) is 46.8 Å². The van der Waals surface area contributed by atoms with Crippen LogP contribution in [0.4, 0.5) is 0 Å². The molecule has 176 valence electrons. The number of benzene rings is 2. The molecule has 1 atom stereocenters. The molecule has 0 aliphatic carbocycles. The van der Waals surface area contributed by atoms with E-state index in [9.17, 15) is 9.59 Å². The molecule has 3 rings (SSSR count). The number of hydrogen-bond donors (Lipinski definition) is 1. The molecule has 7 nitrogen and oxygen atoms in total. The van der Waals surface area contributed by atoms with Crippen LogP contribution in [0.3, 0.4) is 0 Å². The Kier molecular flexibility index (Phi) is 8.22. The first-order valence-corrected chi connectivity index (χ1v) is 11.1. The van der Waals surface area contributed by atoms with Crippen LogP contribution in [0, 0.1) is 5.92 Å². The van der Waals surface area contributed by atoms with Crippen molar-refractivity contribution in [3.63, 3.8) is 0 Å². The van der Waals surface area contributed by atoms with Gasteiger partial charge in [-0.25, -0.2) is 0 Å². The Hall–Kier alpha value is -3.19. The summed E-state index contributed by atoms with van der Waals surface area (Å²) >= 11 is 6.20. The Labute approximate surface area is 199 Å². The third-order valence-electron chi connectivity index (χ3n) is 5.58. The van der Waals surface area contributed by atoms with Crippen LogP contribution < -0.4 is 19.5 Å². The van der Waals surface area contributed by atoms with Gasteiger partial charge in [0.1, 0.15) is 5.70 Å². The van der Waals surface area contributed by atoms with E-state index in [1.807, 2.05) is 0 Å². The van der Waals surface area contributed by atoms with Gasteiger partial charge >= 0.3 is 0 Å². The lowest BCUT2D eigenvalue weighted by Gasteiger charge is -2.31. The molecule has 1 aliphatic rings. The Bertz CT molecular complexity index is 1050. The molecule has 1 heterocycles. The van der Waals surface area contributed by atoms with Crippen molar-refractivity contribution in [2.24, 2.45) is 5.92 Å². The van der Waals surface area contributed by atoms with Crippen LogP contribution in [0.1, 0.15) is 35.7 Å². The monoisotopic (exact) mass is 472 g/mol. The molecule has 0 saturated carbocycles. The zero-order chi connectivity index (χ0) is 24.0. The number of nitrogens with zero attached hydrogens (tertiary/aromatic N) is 1. The Morgan fingerprint density at radius 3 is 2.42 bits per heavy atom. The summed E-state index contributed by atoms with van der Waals surface area (Å²) in [5.41, 5.74) is 0.965. The molecule has 8 heteroatoms. The van der Waals surface area contributed by atoms with Gasteiger partial charge in [-0.3, -0.25) is 9.59 Å². The highest BCUT2D eigenvalue weighted by Gasteiger charge is 2.26. The van der Waals surface area contributed by atoms with E-state index >= 15 is 0 Å². The maximum Gasteiger partial charge on any atom is 0.270 e. The highest BCUT2D eigenvalue weighted by Crippen LogP contribution is 2.40. The van der Waals surface area contributed by atoms with Gasteiger partial charge in [-0.15, -0.1) is 0 Å². The summed E-state index contributed by atoms with van der Waals surface area (Å²) in [5.74, 6) is 0.928. The summed E-state index contributed by atoms with van der Waals surface area (Å²) in [6.07, 6.45) is 3.58. The summed E-state index contributed by atoms with van der Waals surface area (Å²) < 4.78 is 16.4. The van der Waals surface area contributed by atoms with Gasteiger partial charge in [0.15, 0.2) is 11.5 Å². The smallest absolute Gasteiger partial charge is 0.270 e. The van der Waals surface area contributed by atoms with E-state index in [1.54, 1.807) is 47.4 Å². The van der Waals surface area contributed by atoms with Crippen LogP contribution in [0.5, 0.6) is 17.2 Å². The third kappa shape index (κ3) is 5.60. The lowest BCUT2D eigenvalue weighted by Crippen LogP contribution is -2.43. The minimum absolute atomic E-state index is 0.125. The molecule has 2 aromatic rings. The average molecular weight is 473 g/mol. The van der Waals surface area contributed by atoms with Gasteiger partial charge in [0.25, 0.3) is 11.8 Å². The molecule has 1 unspecified atom stereocenters. The number of amides is 2. The molecule has 2 amide bonds. The second-order valence-corrected chi connectivity index (χ2v) is 8.32. The van der Waals surface area contributed by atoms with Gasteiger partial charge in [-0.05, 0) is 49.1 Å². The van der Waals surface area contributed by atoms with Gasteiger partial charge in [0.05, 0.1) is 31.9 Å². The lowest BCUT2D eigenvalue weighted by molar-refractivity contribution is -0.129. The van der Waals surface area contributed by atoms with E-state index in [-0.39, 0.29) is 17.2 Å². The number of hydrogen-bond acceptors (Lipinski definition) is 5. The molecule has 0 aromatic heterocycles. The van der Waals surface area contributed by atoms with Crippen LogP contribution in [0.15, 0.2) is 42.1 Å². The van der Waals surface area contributed by atoms with Crippen molar-refractivity contribution in [2.75, 3.05) is 34.4 Å². The SMILES string of the molecule is COc1ccc(/C=C(\NC(=O)c2ccccc2Cl)C(=O)N2CCCC(C)C2)c(OC)c1OC. The van der Waals surface area contributed by atoms with Crippen molar-refractivity contribution < 1.29 is 23.8 Å². The van der Waals surface area contributed by atoms with Crippen molar-refractivity contribution in [3.8, 4) is 17.2 Å². The summed E-state index contributed by atoms with van der Waals surface area (Å²) in [4.78, 5) is 28.3. The number of ether oxygens (including phenoxy) is 3. The van der Waals surface area contributed by atoms with Crippen LogP contribution in [0.25, 0.3) is 6.08 Å². The minimum atomic E-state index is -0.468. The molecular formula is C25H29ClN2O5. The second-order valence-electron chi connectivity index (χ2n) is 7.91. The second kappa shape index (κ2) is 11.1. The molecule has 1 saturated heterocycles. The van der Waals surface area contributed by atoms with E-state index in [4.69, 9.17) is 25.8 Å². The number of nitrogens with one attached hydrogen (secondary N) is 1. The maximum absolute atomic E-state index is 13.5. The molecular weight excluding hydrogens is 444 g/mol. The first-order chi connectivity index (χ1) is 15.9. The van der Waals surface area contributed by atoms with Crippen molar-refractivity contribution in [1.82, 2.24) is 10.2 Å². The lowest BCUT2D eigenvalue weighted by atomic mass is 10.00. The van der Waals surface area contributed by atoms with Gasteiger partial charge < -0.3 is 24.4 Å². The average Bonchev–Trinajstić information content (AvgIpc) is 2.82. The van der Waals surface area contributed by atoms with Crippen LogP contribution >= 0.6 is 11.6 Å². The molecule has 33 heavy (non-hydrogen) atoms. The fourth-order valence-electron chi connectivity index (χ4n) is 3.92. The highest BCUT2D eigenvalue weighted by atomic mass is 35.5. The van der Waals surface area contributed by atoms with Gasteiger partial charge in [0, 0.05) is 18.7 Å². The predicted octanol–water partition coefficient (Wildman–Crippen LogP) is 4.40. The predicted molar refractivity (Wildman–Crippen MR) is 128 cm³/mol.